The van der Waals surface area contributed by atoms with Crippen LogP contribution in [-0.2, 0) is 11.3 Å². The number of carbonyl (C=O) groups excluding carboxylic acids is 1. The highest BCUT2D eigenvalue weighted by Gasteiger charge is 2.24. The van der Waals surface area contributed by atoms with Crippen LogP contribution in [0, 0.1) is 6.92 Å². The Morgan fingerprint density at radius 1 is 1.36 bits per heavy atom. The molecule has 1 aliphatic rings. The average Bonchev–Trinajstić information content (AvgIpc) is 2.71. The summed E-state index contributed by atoms with van der Waals surface area (Å²) in [5.74, 6) is 1.92. The van der Waals surface area contributed by atoms with Crippen LogP contribution in [0.2, 0.25) is 0 Å². The van der Waals surface area contributed by atoms with Crippen molar-refractivity contribution in [1.82, 2.24) is 25.0 Å². The normalized spacial score (nSPS) is 19.9. The Balaban J connectivity index is 1.74. The summed E-state index contributed by atoms with van der Waals surface area (Å²) in [4.78, 5) is 14.5. The molecule has 0 radical (unpaired) electrons. The molecule has 1 fully saturated rings. The number of hydrogen-bond acceptors (Lipinski definition) is 5. The van der Waals surface area contributed by atoms with Gasteiger partial charge in [0.25, 0.3) is 0 Å². The molecular formula is C15H27N5OS. The lowest BCUT2D eigenvalue weighted by Gasteiger charge is -2.24. The Hall–Kier alpha value is -1.08. The standard InChI is InChI=1S/C15H27N5OS/c1-4-20-12(2)17-18-15(20)22-11-9-16-14(21)13-8-6-5-7-10-19(13)3/h13H,4-11H2,1-3H3,(H,16,21)/t13-/m0/s1. The third-order valence-electron chi connectivity index (χ3n) is 4.17. The fraction of sp³-hybridized carbons (Fsp3) is 0.800. The number of amides is 1. The van der Waals surface area contributed by atoms with Crippen molar-refractivity contribution < 1.29 is 4.79 Å². The quantitative estimate of drug-likeness (QED) is 0.637. The first-order valence-corrected chi connectivity index (χ1v) is 9.12. The van der Waals surface area contributed by atoms with E-state index in [4.69, 9.17) is 0 Å². The highest BCUT2D eigenvalue weighted by atomic mass is 32.2. The summed E-state index contributed by atoms with van der Waals surface area (Å²) >= 11 is 1.65. The Labute approximate surface area is 137 Å². The summed E-state index contributed by atoms with van der Waals surface area (Å²) < 4.78 is 2.09. The highest BCUT2D eigenvalue weighted by Crippen LogP contribution is 2.17. The van der Waals surface area contributed by atoms with E-state index in [1.165, 1.54) is 12.8 Å². The zero-order valence-electron chi connectivity index (χ0n) is 13.8. The van der Waals surface area contributed by atoms with E-state index in [1.807, 2.05) is 6.92 Å². The molecule has 0 saturated carbocycles. The monoisotopic (exact) mass is 325 g/mol. The van der Waals surface area contributed by atoms with Gasteiger partial charge >= 0.3 is 0 Å². The van der Waals surface area contributed by atoms with E-state index in [1.54, 1.807) is 11.8 Å². The van der Waals surface area contributed by atoms with Crippen molar-refractivity contribution in [2.45, 2.75) is 57.3 Å². The van der Waals surface area contributed by atoms with Gasteiger partial charge in [0.2, 0.25) is 5.91 Å². The Bertz CT molecular complexity index is 490. The lowest BCUT2D eigenvalue weighted by atomic mass is 10.1. The van der Waals surface area contributed by atoms with Crippen LogP contribution in [0.4, 0.5) is 0 Å². The molecule has 1 aromatic rings. The Kier molecular flexibility index (Phi) is 6.70. The second kappa shape index (κ2) is 8.53. The van der Waals surface area contributed by atoms with Gasteiger partial charge in [0.05, 0.1) is 6.04 Å². The zero-order valence-corrected chi connectivity index (χ0v) is 14.7. The van der Waals surface area contributed by atoms with Crippen LogP contribution in [0.15, 0.2) is 5.16 Å². The predicted octanol–water partition coefficient (Wildman–Crippen LogP) is 1.69. The molecule has 1 saturated heterocycles. The summed E-state index contributed by atoms with van der Waals surface area (Å²) in [5, 5.41) is 12.3. The van der Waals surface area contributed by atoms with Crippen LogP contribution < -0.4 is 5.32 Å². The van der Waals surface area contributed by atoms with Crippen LogP contribution >= 0.6 is 11.8 Å². The summed E-state index contributed by atoms with van der Waals surface area (Å²) in [6, 6.07) is 0.0361. The maximum absolute atomic E-state index is 12.3. The van der Waals surface area contributed by atoms with Gasteiger partial charge in [-0.25, -0.2) is 0 Å². The molecule has 1 aliphatic heterocycles. The van der Waals surface area contributed by atoms with E-state index in [-0.39, 0.29) is 11.9 Å². The topological polar surface area (TPSA) is 63.1 Å². The van der Waals surface area contributed by atoms with E-state index in [2.05, 4.69) is 39.0 Å². The van der Waals surface area contributed by atoms with Gasteiger partial charge in [-0.05, 0) is 40.3 Å². The number of nitrogens with one attached hydrogen (secondary N) is 1. The van der Waals surface area contributed by atoms with Gasteiger partial charge in [-0.3, -0.25) is 9.69 Å². The molecule has 2 rings (SSSR count). The molecule has 2 heterocycles. The van der Waals surface area contributed by atoms with Crippen LogP contribution in [0.25, 0.3) is 0 Å². The first-order valence-electron chi connectivity index (χ1n) is 8.14. The third kappa shape index (κ3) is 4.46. The van der Waals surface area contributed by atoms with E-state index in [0.717, 1.165) is 42.7 Å². The second-order valence-electron chi connectivity index (χ2n) is 5.76. The summed E-state index contributed by atoms with van der Waals surface area (Å²) in [5.41, 5.74) is 0. The van der Waals surface area contributed by atoms with Crippen molar-refractivity contribution in [3.8, 4) is 0 Å². The molecule has 1 N–H and O–H groups in total. The maximum Gasteiger partial charge on any atom is 0.237 e. The van der Waals surface area contributed by atoms with Crippen LogP contribution in [0.1, 0.15) is 38.4 Å². The number of carbonyl (C=O) groups is 1. The van der Waals surface area contributed by atoms with Gasteiger partial charge in [-0.15, -0.1) is 10.2 Å². The molecule has 6 nitrogen and oxygen atoms in total. The minimum Gasteiger partial charge on any atom is -0.354 e. The number of thioether (sulfide) groups is 1. The van der Waals surface area contributed by atoms with Gasteiger partial charge in [-0.1, -0.05) is 24.6 Å². The second-order valence-corrected chi connectivity index (χ2v) is 6.82. The smallest absolute Gasteiger partial charge is 0.237 e. The molecule has 7 heteroatoms. The number of likely N-dealkylation sites (N-methyl/N-ethyl adjacent to an activating group) is 1. The first-order chi connectivity index (χ1) is 10.6. The number of aromatic nitrogens is 3. The largest absolute Gasteiger partial charge is 0.354 e. The van der Waals surface area contributed by atoms with E-state index in [0.29, 0.717) is 6.54 Å². The van der Waals surface area contributed by atoms with Gasteiger partial charge in [0.15, 0.2) is 5.16 Å². The number of aryl methyl sites for hydroxylation is 1. The molecule has 1 aromatic heterocycles. The lowest BCUT2D eigenvalue weighted by Crippen LogP contribution is -2.45. The van der Waals surface area contributed by atoms with Crippen molar-refractivity contribution in [3.63, 3.8) is 0 Å². The van der Waals surface area contributed by atoms with Crippen LogP contribution in [0.3, 0.4) is 0 Å². The minimum absolute atomic E-state index is 0.0361. The van der Waals surface area contributed by atoms with E-state index < -0.39 is 0 Å². The summed E-state index contributed by atoms with van der Waals surface area (Å²) in [7, 11) is 2.05. The molecule has 124 valence electrons. The minimum atomic E-state index is 0.0361. The average molecular weight is 325 g/mol. The third-order valence-corrected chi connectivity index (χ3v) is 5.14. The molecule has 0 aromatic carbocycles. The number of nitrogens with zero attached hydrogens (tertiary/aromatic N) is 4. The molecule has 0 unspecified atom stereocenters. The highest BCUT2D eigenvalue weighted by molar-refractivity contribution is 7.99. The summed E-state index contributed by atoms with van der Waals surface area (Å²) in [6.45, 7) is 6.61. The molecule has 1 atom stereocenters. The van der Waals surface area contributed by atoms with Crippen molar-refractivity contribution in [1.29, 1.82) is 0 Å². The number of rotatable bonds is 6. The maximum atomic E-state index is 12.3. The van der Waals surface area contributed by atoms with Crippen molar-refractivity contribution in [2.75, 3.05) is 25.9 Å². The van der Waals surface area contributed by atoms with Gasteiger partial charge < -0.3 is 9.88 Å². The summed E-state index contributed by atoms with van der Waals surface area (Å²) in [6.07, 6.45) is 4.55. The SMILES string of the molecule is CCn1c(C)nnc1SCCNC(=O)[C@@H]1CCCCCN1C. The van der Waals surface area contributed by atoms with E-state index >= 15 is 0 Å². The zero-order chi connectivity index (χ0) is 15.9. The lowest BCUT2D eigenvalue weighted by molar-refractivity contribution is -0.125. The predicted molar refractivity (Wildman–Crippen MR) is 89.1 cm³/mol. The van der Waals surface area contributed by atoms with Gasteiger partial charge in [0, 0.05) is 18.8 Å². The number of hydrogen-bond donors (Lipinski definition) is 1. The van der Waals surface area contributed by atoms with Crippen molar-refractivity contribution in [3.05, 3.63) is 5.82 Å². The molecule has 0 aliphatic carbocycles. The Morgan fingerprint density at radius 2 is 2.18 bits per heavy atom. The van der Waals surface area contributed by atoms with Gasteiger partial charge in [-0.2, -0.15) is 0 Å². The first kappa shape index (κ1) is 17.3. The fourth-order valence-electron chi connectivity index (χ4n) is 2.85. The fourth-order valence-corrected chi connectivity index (χ4v) is 3.75. The molecule has 0 spiro atoms. The Morgan fingerprint density at radius 3 is 2.95 bits per heavy atom. The molecular weight excluding hydrogens is 298 g/mol. The van der Waals surface area contributed by atoms with Crippen molar-refractivity contribution >= 4 is 17.7 Å². The van der Waals surface area contributed by atoms with E-state index in [9.17, 15) is 4.79 Å². The molecule has 0 bridgehead atoms. The van der Waals surface area contributed by atoms with Crippen LogP contribution in [0.5, 0.6) is 0 Å². The number of likely N-dealkylation sites (tertiary alicyclic amines) is 1. The van der Waals surface area contributed by atoms with Crippen molar-refractivity contribution in [2.24, 2.45) is 0 Å². The van der Waals surface area contributed by atoms with Gasteiger partial charge in [0.1, 0.15) is 5.82 Å². The molecule has 22 heavy (non-hydrogen) atoms. The van der Waals surface area contributed by atoms with Crippen LogP contribution in [-0.4, -0.2) is 57.5 Å². The molecule has 1 amide bonds.